The highest BCUT2D eigenvalue weighted by atomic mass is 16.6. The molecule has 2 unspecified atom stereocenters. The van der Waals surface area contributed by atoms with Crippen molar-refractivity contribution in [2.24, 2.45) is 29.4 Å². The summed E-state index contributed by atoms with van der Waals surface area (Å²) >= 11 is 0. The third-order valence-corrected chi connectivity index (χ3v) is 8.46. The molecule has 4 bridgehead atoms. The molecular formula is C27H39N5O6. The highest BCUT2D eigenvalue weighted by molar-refractivity contribution is 5.96. The predicted octanol–water partition coefficient (Wildman–Crippen LogP) is 3.39. The van der Waals surface area contributed by atoms with Gasteiger partial charge >= 0.3 is 12.2 Å². The lowest BCUT2D eigenvalue weighted by Crippen LogP contribution is -2.63. The van der Waals surface area contributed by atoms with Crippen LogP contribution in [0.25, 0.3) is 6.20 Å². The molecule has 3 N–H and O–H groups in total. The average Bonchev–Trinajstić information content (AvgIpc) is 3.43. The van der Waals surface area contributed by atoms with Gasteiger partial charge in [-0.1, -0.05) is 13.8 Å². The third-order valence-electron chi connectivity index (χ3n) is 8.46. The Bertz CT molecular complexity index is 1110. The summed E-state index contributed by atoms with van der Waals surface area (Å²) in [5.74, 6) is 1.35. The molecule has 11 heteroatoms. The molecule has 208 valence electrons. The normalized spacial score (nSPS) is 30.2. The lowest BCUT2D eigenvalue weighted by Gasteiger charge is -2.58. The molecule has 6 rings (SSSR count). The second-order valence-electron chi connectivity index (χ2n) is 12.3. The molecule has 1 aromatic rings. The molecule has 5 aliphatic rings. The van der Waals surface area contributed by atoms with Crippen molar-refractivity contribution in [2.45, 2.75) is 77.0 Å². The van der Waals surface area contributed by atoms with Gasteiger partial charge in [0.15, 0.2) is 0 Å². The van der Waals surface area contributed by atoms with Crippen molar-refractivity contribution in [2.75, 3.05) is 19.8 Å². The summed E-state index contributed by atoms with van der Waals surface area (Å²) in [5, 5.41) is 7.71. The minimum Gasteiger partial charge on any atom is -0.477 e. The van der Waals surface area contributed by atoms with Crippen molar-refractivity contribution in [1.82, 2.24) is 20.0 Å². The van der Waals surface area contributed by atoms with Gasteiger partial charge < -0.3 is 25.3 Å². The number of hydrogen-bond donors (Lipinski definition) is 2. The topological polar surface area (TPSA) is 138 Å². The van der Waals surface area contributed by atoms with Gasteiger partial charge in [0.25, 0.3) is 5.91 Å². The number of primary amides is 1. The molecule has 3 amide bonds. The van der Waals surface area contributed by atoms with E-state index >= 15 is 0 Å². The quantitative estimate of drug-likeness (QED) is 0.500. The number of carbonyl (C=O) groups is 3. The Morgan fingerprint density at radius 1 is 1.29 bits per heavy atom. The van der Waals surface area contributed by atoms with Crippen LogP contribution >= 0.6 is 0 Å². The van der Waals surface area contributed by atoms with Gasteiger partial charge in [0, 0.05) is 12.2 Å². The van der Waals surface area contributed by atoms with Gasteiger partial charge in [0.2, 0.25) is 5.88 Å². The predicted molar refractivity (Wildman–Crippen MR) is 138 cm³/mol. The van der Waals surface area contributed by atoms with E-state index in [4.69, 9.17) is 19.9 Å². The lowest BCUT2D eigenvalue weighted by molar-refractivity contribution is -0.137. The molecule has 0 aromatic carbocycles. The van der Waals surface area contributed by atoms with Crippen LogP contribution in [0.1, 0.15) is 70.2 Å². The van der Waals surface area contributed by atoms with E-state index in [1.54, 1.807) is 15.8 Å². The first-order chi connectivity index (χ1) is 18.0. The van der Waals surface area contributed by atoms with E-state index in [1.807, 2.05) is 33.8 Å². The smallest absolute Gasteiger partial charge is 0.410 e. The number of ether oxygens (including phenoxy) is 3. The maximum absolute atomic E-state index is 13.6. The molecule has 1 aromatic heterocycles. The largest absolute Gasteiger partial charge is 0.477 e. The van der Waals surface area contributed by atoms with Gasteiger partial charge in [0.05, 0.1) is 24.9 Å². The maximum atomic E-state index is 13.6. The first kappa shape index (κ1) is 26.4. The Hall–Kier alpha value is -3.24. The highest BCUT2D eigenvalue weighted by Gasteiger charge is 2.57. The monoisotopic (exact) mass is 529 g/mol. The first-order valence-electron chi connectivity index (χ1n) is 13.6. The number of nitrogens with two attached hydrogens (primary N) is 1. The van der Waals surface area contributed by atoms with Crippen LogP contribution in [-0.2, 0) is 9.47 Å². The van der Waals surface area contributed by atoms with Gasteiger partial charge in [-0.15, -0.1) is 0 Å². The zero-order valence-corrected chi connectivity index (χ0v) is 22.6. The Morgan fingerprint density at radius 2 is 2.00 bits per heavy atom. The number of carbonyl (C=O) groups excluding carboxylic acids is 3. The number of nitrogens with zero attached hydrogens (tertiary/aromatic N) is 3. The molecule has 5 fully saturated rings. The van der Waals surface area contributed by atoms with Crippen molar-refractivity contribution in [3.63, 3.8) is 0 Å². The summed E-state index contributed by atoms with van der Waals surface area (Å²) in [6, 6.07) is 0.000560. The Balaban J connectivity index is 1.34. The zero-order chi connectivity index (χ0) is 27.2. The molecule has 4 aliphatic carbocycles. The Kier molecular flexibility index (Phi) is 6.81. The number of cyclic esters (lactones) is 1. The molecule has 0 spiro atoms. The second kappa shape index (κ2) is 9.81. The van der Waals surface area contributed by atoms with Crippen LogP contribution in [0.2, 0.25) is 0 Å². The minimum atomic E-state index is -0.718. The molecule has 4 saturated carbocycles. The molecule has 11 nitrogen and oxygen atoms in total. The molecule has 2 heterocycles. The van der Waals surface area contributed by atoms with Crippen LogP contribution in [-0.4, -0.2) is 69.7 Å². The summed E-state index contributed by atoms with van der Waals surface area (Å²) < 4.78 is 18.3. The fourth-order valence-electron chi connectivity index (χ4n) is 7.02. The molecule has 38 heavy (non-hydrogen) atoms. The summed E-state index contributed by atoms with van der Waals surface area (Å²) in [6.45, 7) is 9.21. The van der Waals surface area contributed by atoms with E-state index in [0.717, 1.165) is 32.1 Å². The summed E-state index contributed by atoms with van der Waals surface area (Å²) in [4.78, 5) is 38.9. The van der Waals surface area contributed by atoms with Crippen molar-refractivity contribution in [3.8, 4) is 5.88 Å². The first-order valence-corrected chi connectivity index (χ1v) is 13.6. The minimum absolute atomic E-state index is 0.000560. The molecule has 1 aliphatic heterocycles. The maximum Gasteiger partial charge on any atom is 0.410 e. The van der Waals surface area contributed by atoms with E-state index in [2.05, 4.69) is 10.4 Å². The zero-order valence-electron chi connectivity index (χ0n) is 22.6. The molecule has 1 saturated heterocycles. The van der Waals surface area contributed by atoms with E-state index in [-0.39, 0.29) is 35.8 Å². The van der Waals surface area contributed by atoms with E-state index in [1.165, 1.54) is 6.20 Å². The Labute approximate surface area is 223 Å². The number of nitrogens with one attached hydrogen (secondary N) is 1. The fourth-order valence-corrected chi connectivity index (χ4v) is 7.02. The van der Waals surface area contributed by atoms with Crippen molar-refractivity contribution >= 4 is 24.3 Å². The van der Waals surface area contributed by atoms with Crippen LogP contribution in [0, 0.1) is 23.7 Å². The van der Waals surface area contributed by atoms with Crippen LogP contribution in [0.4, 0.5) is 9.59 Å². The summed E-state index contributed by atoms with van der Waals surface area (Å²) in [7, 11) is 0. The highest BCUT2D eigenvalue weighted by Crippen LogP contribution is 2.57. The van der Waals surface area contributed by atoms with Crippen molar-refractivity contribution in [1.29, 1.82) is 0 Å². The van der Waals surface area contributed by atoms with Crippen LogP contribution < -0.4 is 15.8 Å². The second-order valence-corrected chi connectivity index (χ2v) is 12.3. The number of rotatable bonds is 9. The number of amides is 3. The summed E-state index contributed by atoms with van der Waals surface area (Å²) in [5.41, 5.74) is 4.65. The van der Waals surface area contributed by atoms with E-state index in [0.29, 0.717) is 37.1 Å². The van der Waals surface area contributed by atoms with Gasteiger partial charge in [0.1, 0.15) is 17.8 Å². The molecule has 0 radical (unpaired) electrons. The van der Waals surface area contributed by atoms with Crippen molar-refractivity contribution < 1.29 is 28.6 Å². The Morgan fingerprint density at radius 3 is 2.61 bits per heavy atom. The van der Waals surface area contributed by atoms with Crippen molar-refractivity contribution in [3.05, 3.63) is 17.8 Å². The standard InChI is InChI=1S/C27H39N5O6/c1-16(2)15-37-23-20(14-29-32(23)6-5-26(3,4)31-7-8-36-25(31)35)22(33)30-21-18-9-17-10-19(21)13-27(11-17,12-18)38-24(28)34/h5-6,14,16-19,21H,7-13,15H2,1-4H3,(H2,28,34)(H,30,33)/b6-5+/t17?,18?,19?,21-,27-. The SMILES string of the molecule is CC(C)COc1c(C(=O)N[C@H]2C3CC4CC2C[C@](OC(N)=O)(C4)C3)cnn1/C=C/C(C)(C)N1CCOC1=O. The van der Waals surface area contributed by atoms with Crippen LogP contribution in [0.15, 0.2) is 12.3 Å². The van der Waals surface area contributed by atoms with E-state index < -0.39 is 17.2 Å². The number of aromatic nitrogens is 2. The van der Waals surface area contributed by atoms with Gasteiger partial charge in [-0.2, -0.15) is 5.10 Å². The van der Waals surface area contributed by atoms with E-state index in [9.17, 15) is 14.4 Å². The fraction of sp³-hybridized carbons (Fsp3) is 0.704. The average molecular weight is 530 g/mol. The molecular weight excluding hydrogens is 490 g/mol. The lowest BCUT2D eigenvalue weighted by atomic mass is 9.52. The summed E-state index contributed by atoms with van der Waals surface area (Å²) in [6.07, 6.45) is 8.37. The van der Waals surface area contributed by atoms with Crippen LogP contribution in [0.5, 0.6) is 5.88 Å². The van der Waals surface area contributed by atoms with Crippen LogP contribution in [0.3, 0.4) is 0 Å². The van der Waals surface area contributed by atoms with Gasteiger partial charge in [-0.25, -0.2) is 14.3 Å². The van der Waals surface area contributed by atoms with Gasteiger partial charge in [-0.3, -0.25) is 9.69 Å². The number of hydrogen-bond acceptors (Lipinski definition) is 7. The third kappa shape index (κ3) is 5.07. The van der Waals surface area contributed by atoms with Gasteiger partial charge in [-0.05, 0) is 75.7 Å². The molecule has 2 atom stereocenters.